The minimum atomic E-state index is 0.338. The molecular weight excluding hydrogens is 378 g/mol. The number of methoxy groups -OCH3 is 2. The lowest BCUT2D eigenvalue weighted by atomic mass is 10.1. The average Bonchev–Trinajstić information content (AvgIpc) is 3.23. The lowest BCUT2D eigenvalue weighted by Gasteiger charge is -2.19. The maximum Gasteiger partial charge on any atom is 0.191 e. The topological polar surface area (TPSA) is 81.9 Å². The average molecular weight is 408 g/mol. The van der Waals surface area contributed by atoms with Crippen molar-refractivity contribution in [1.82, 2.24) is 15.5 Å². The number of guanidine groups is 1. The quantitative estimate of drug-likeness (QED) is 0.542. The number of rotatable bonds is 7. The van der Waals surface area contributed by atoms with Crippen LogP contribution in [-0.4, -0.2) is 51.3 Å². The van der Waals surface area contributed by atoms with Crippen molar-refractivity contribution in [3.05, 3.63) is 59.2 Å². The van der Waals surface area contributed by atoms with E-state index in [9.17, 15) is 0 Å². The summed E-state index contributed by atoms with van der Waals surface area (Å²) in [5, 5.41) is 15.8. The third-order valence-corrected chi connectivity index (χ3v) is 5.20. The molecule has 1 aliphatic rings. The Morgan fingerprint density at radius 3 is 2.43 bits per heavy atom. The van der Waals surface area contributed by atoms with E-state index in [-0.39, 0.29) is 0 Å². The predicted octanol–water partition coefficient (Wildman–Crippen LogP) is 2.51. The van der Waals surface area contributed by atoms with E-state index in [0.29, 0.717) is 18.2 Å². The van der Waals surface area contributed by atoms with Gasteiger partial charge in [-0.1, -0.05) is 12.1 Å². The molecular formula is C23H29N5O2. The first-order valence-electron chi connectivity index (χ1n) is 10.0. The zero-order chi connectivity index (χ0) is 21.3. The summed E-state index contributed by atoms with van der Waals surface area (Å²) in [6.07, 6.45) is 1.05. The summed E-state index contributed by atoms with van der Waals surface area (Å²) in [5.74, 6) is 2.41. The summed E-state index contributed by atoms with van der Waals surface area (Å²) in [6, 6.07) is 16.1. The van der Waals surface area contributed by atoms with Crippen LogP contribution in [0.1, 0.15) is 23.1 Å². The van der Waals surface area contributed by atoms with E-state index in [4.69, 9.17) is 14.7 Å². The Morgan fingerprint density at radius 2 is 1.83 bits per heavy atom. The van der Waals surface area contributed by atoms with Gasteiger partial charge in [-0.05, 0) is 41.8 Å². The molecule has 0 amide bonds. The molecule has 1 unspecified atom stereocenters. The van der Waals surface area contributed by atoms with Gasteiger partial charge in [0, 0.05) is 45.3 Å². The number of aliphatic imine (C=N–C) groups is 1. The maximum atomic E-state index is 8.90. The summed E-state index contributed by atoms with van der Waals surface area (Å²) in [4.78, 5) is 6.76. The Morgan fingerprint density at radius 1 is 1.13 bits per heavy atom. The van der Waals surface area contributed by atoms with Crippen molar-refractivity contribution in [3.8, 4) is 17.6 Å². The van der Waals surface area contributed by atoms with Crippen molar-refractivity contribution < 1.29 is 9.47 Å². The van der Waals surface area contributed by atoms with Crippen LogP contribution in [0, 0.1) is 11.3 Å². The van der Waals surface area contributed by atoms with Gasteiger partial charge in [-0.15, -0.1) is 0 Å². The number of nitriles is 1. The van der Waals surface area contributed by atoms with Crippen molar-refractivity contribution in [2.24, 2.45) is 4.99 Å². The number of ether oxygens (including phenoxy) is 2. The molecule has 1 aliphatic heterocycles. The second-order valence-corrected chi connectivity index (χ2v) is 7.32. The van der Waals surface area contributed by atoms with Crippen molar-refractivity contribution in [3.63, 3.8) is 0 Å². The molecule has 1 fully saturated rings. The first-order chi connectivity index (χ1) is 14.6. The Labute approximate surface area is 178 Å². The molecule has 0 aliphatic carbocycles. The van der Waals surface area contributed by atoms with Gasteiger partial charge in [0.15, 0.2) is 5.96 Å². The van der Waals surface area contributed by atoms with Crippen LogP contribution in [0.5, 0.6) is 11.5 Å². The summed E-state index contributed by atoms with van der Waals surface area (Å²) in [6.45, 7) is 3.47. The van der Waals surface area contributed by atoms with Crippen molar-refractivity contribution in [2.45, 2.75) is 25.6 Å². The molecule has 30 heavy (non-hydrogen) atoms. The van der Waals surface area contributed by atoms with Gasteiger partial charge in [0.1, 0.15) is 11.5 Å². The summed E-state index contributed by atoms with van der Waals surface area (Å²) in [5.41, 5.74) is 2.95. The van der Waals surface area contributed by atoms with E-state index in [1.165, 1.54) is 5.56 Å². The fraction of sp³-hybridized carbons (Fsp3) is 0.391. The van der Waals surface area contributed by atoms with Crippen LogP contribution in [0.25, 0.3) is 0 Å². The Hall–Kier alpha value is -3.24. The largest absolute Gasteiger partial charge is 0.497 e. The predicted molar refractivity (Wildman–Crippen MR) is 118 cm³/mol. The zero-order valence-corrected chi connectivity index (χ0v) is 17.8. The van der Waals surface area contributed by atoms with Crippen LogP contribution in [-0.2, 0) is 13.1 Å². The lowest BCUT2D eigenvalue weighted by Crippen LogP contribution is -2.44. The molecule has 3 rings (SSSR count). The molecule has 0 aromatic heterocycles. The van der Waals surface area contributed by atoms with Crippen molar-refractivity contribution >= 4 is 5.96 Å². The van der Waals surface area contributed by atoms with E-state index >= 15 is 0 Å². The highest BCUT2D eigenvalue weighted by Gasteiger charge is 2.23. The van der Waals surface area contributed by atoms with Gasteiger partial charge >= 0.3 is 0 Å². The van der Waals surface area contributed by atoms with E-state index in [1.54, 1.807) is 21.3 Å². The van der Waals surface area contributed by atoms with Gasteiger partial charge in [0.25, 0.3) is 0 Å². The molecule has 158 valence electrons. The summed E-state index contributed by atoms with van der Waals surface area (Å²) in [7, 11) is 5.12. The highest BCUT2D eigenvalue weighted by atomic mass is 16.5. The fourth-order valence-corrected chi connectivity index (χ4v) is 3.58. The highest BCUT2D eigenvalue weighted by Crippen LogP contribution is 2.24. The van der Waals surface area contributed by atoms with Crippen LogP contribution < -0.4 is 20.1 Å². The Balaban J connectivity index is 1.50. The molecule has 0 spiro atoms. The van der Waals surface area contributed by atoms with Crippen LogP contribution in [0.4, 0.5) is 0 Å². The van der Waals surface area contributed by atoms with Crippen molar-refractivity contribution in [1.29, 1.82) is 5.26 Å². The Bertz CT molecular complexity index is 883. The molecule has 1 heterocycles. The molecule has 0 bridgehead atoms. The first-order valence-corrected chi connectivity index (χ1v) is 10.0. The second kappa shape index (κ2) is 10.5. The van der Waals surface area contributed by atoms with Crippen LogP contribution in [0.3, 0.4) is 0 Å². The smallest absolute Gasteiger partial charge is 0.191 e. The normalized spacial score (nSPS) is 16.7. The molecule has 0 radical (unpaired) electrons. The standard InChI is InChI=1S/C23H29N5O2/c1-25-23(26-14-18-6-4-17(13-24)5-7-18)27-20-8-9-28(16-20)15-19-10-21(29-2)12-22(11-19)30-3/h4-7,10-12,20H,8-9,14-16H2,1-3H3,(H2,25,26,27). The van der Waals surface area contributed by atoms with E-state index in [0.717, 1.165) is 49.1 Å². The number of hydrogen-bond donors (Lipinski definition) is 2. The third kappa shape index (κ3) is 5.88. The highest BCUT2D eigenvalue weighted by molar-refractivity contribution is 5.80. The summed E-state index contributed by atoms with van der Waals surface area (Å²) >= 11 is 0. The molecule has 7 nitrogen and oxygen atoms in total. The Kier molecular flexibility index (Phi) is 7.52. The molecule has 0 saturated carbocycles. The van der Waals surface area contributed by atoms with Crippen LogP contribution >= 0.6 is 0 Å². The number of nitrogens with one attached hydrogen (secondary N) is 2. The van der Waals surface area contributed by atoms with Gasteiger partial charge in [0.2, 0.25) is 0 Å². The fourth-order valence-electron chi connectivity index (χ4n) is 3.58. The number of likely N-dealkylation sites (tertiary alicyclic amines) is 1. The van der Waals surface area contributed by atoms with Gasteiger partial charge < -0.3 is 20.1 Å². The summed E-state index contributed by atoms with van der Waals surface area (Å²) < 4.78 is 10.8. The second-order valence-electron chi connectivity index (χ2n) is 7.32. The van der Waals surface area contributed by atoms with Gasteiger partial charge in [0.05, 0.1) is 25.9 Å². The van der Waals surface area contributed by atoms with Gasteiger partial charge in [-0.2, -0.15) is 5.26 Å². The first kappa shape index (κ1) is 21.5. The molecule has 2 aromatic rings. The van der Waals surface area contributed by atoms with Crippen molar-refractivity contribution in [2.75, 3.05) is 34.4 Å². The molecule has 1 saturated heterocycles. The molecule has 1 atom stereocenters. The zero-order valence-electron chi connectivity index (χ0n) is 17.8. The lowest BCUT2D eigenvalue weighted by molar-refractivity contribution is 0.321. The maximum absolute atomic E-state index is 8.90. The van der Waals surface area contributed by atoms with E-state index in [1.807, 2.05) is 30.3 Å². The molecule has 2 aromatic carbocycles. The van der Waals surface area contributed by atoms with Gasteiger partial charge in [-0.25, -0.2) is 0 Å². The minimum absolute atomic E-state index is 0.338. The molecule has 2 N–H and O–H groups in total. The monoisotopic (exact) mass is 407 g/mol. The molecule has 7 heteroatoms. The SMILES string of the molecule is CN=C(NCc1ccc(C#N)cc1)NC1CCN(Cc2cc(OC)cc(OC)c2)C1. The van der Waals surface area contributed by atoms with Crippen LogP contribution in [0.15, 0.2) is 47.5 Å². The van der Waals surface area contributed by atoms with Gasteiger partial charge in [-0.3, -0.25) is 9.89 Å². The van der Waals surface area contributed by atoms with E-state index in [2.05, 4.69) is 38.7 Å². The number of hydrogen-bond acceptors (Lipinski definition) is 5. The number of nitrogens with zero attached hydrogens (tertiary/aromatic N) is 3. The third-order valence-electron chi connectivity index (χ3n) is 5.20. The minimum Gasteiger partial charge on any atom is -0.497 e. The van der Waals surface area contributed by atoms with Crippen LogP contribution in [0.2, 0.25) is 0 Å². The van der Waals surface area contributed by atoms with E-state index < -0.39 is 0 Å². The number of benzene rings is 2.